The lowest BCUT2D eigenvalue weighted by Gasteiger charge is -2.09. The predicted octanol–water partition coefficient (Wildman–Crippen LogP) is 3.16. The number of hydrogen-bond acceptors (Lipinski definition) is 5. The molecule has 0 aliphatic rings. The van der Waals surface area contributed by atoms with E-state index >= 15 is 0 Å². The molecule has 7 heteroatoms. The van der Waals surface area contributed by atoms with Crippen molar-refractivity contribution in [2.45, 2.75) is 25.2 Å². The quantitative estimate of drug-likeness (QED) is 0.460. The molecule has 0 amide bonds. The molecule has 0 saturated heterocycles. The van der Waals surface area contributed by atoms with Crippen LogP contribution in [0, 0.1) is 24.0 Å². The van der Waals surface area contributed by atoms with E-state index in [2.05, 4.69) is 0 Å². The maximum Gasteiger partial charge on any atom is 0.297 e. The lowest BCUT2D eigenvalue weighted by atomic mass is 10.1. The topological polar surface area (TPSA) is 86.5 Å². The second kappa shape index (κ2) is 6.89. The highest BCUT2D eigenvalue weighted by Gasteiger charge is 2.18. The van der Waals surface area contributed by atoms with Crippen LogP contribution < -0.4 is 0 Å². The monoisotopic (exact) mass is 335 g/mol. The van der Waals surface area contributed by atoms with Crippen LogP contribution in [0.4, 0.5) is 5.69 Å². The van der Waals surface area contributed by atoms with Gasteiger partial charge in [0.05, 0.1) is 16.4 Å². The third-order valence-corrected chi connectivity index (χ3v) is 4.82. The molecule has 0 aromatic heterocycles. The smallest absolute Gasteiger partial charge is 0.266 e. The van der Waals surface area contributed by atoms with E-state index in [4.69, 9.17) is 4.18 Å². The fraction of sp³-hybridized carbons (Fsp3) is 0.250. The summed E-state index contributed by atoms with van der Waals surface area (Å²) in [5.41, 5.74) is 2.22. The zero-order chi connectivity index (χ0) is 17.0. The lowest BCUT2D eigenvalue weighted by molar-refractivity contribution is -0.384. The molecule has 6 nitrogen and oxygen atoms in total. The van der Waals surface area contributed by atoms with Crippen molar-refractivity contribution in [1.82, 2.24) is 0 Å². The van der Waals surface area contributed by atoms with Gasteiger partial charge in [-0.3, -0.25) is 14.3 Å². The molecular formula is C16H17NO5S. The third-order valence-electron chi connectivity index (χ3n) is 3.35. The first kappa shape index (κ1) is 17.1. The van der Waals surface area contributed by atoms with Crippen molar-refractivity contribution in [3.63, 3.8) is 0 Å². The zero-order valence-corrected chi connectivity index (χ0v) is 13.7. The van der Waals surface area contributed by atoms with Gasteiger partial charge in [0.25, 0.3) is 15.8 Å². The lowest BCUT2D eigenvalue weighted by Crippen LogP contribution is -2.10. The third kappa shape index (κ3) is 4.37. The second-order valence-electron chi connectivity index (χ2n) is 5.22. The van der Waals surface area contributed by atoms with Gasteiger partial charge < -0.3 is 0 Å². The van der Waals surface area contributed by atoms with E-state index in [0.717, 1.165) is 5.56 Å². The molecule has 0 heterocycles. The number of nitro groups is 1. The van der Waals surface area contributed by atoms with Crippen LogP contribution in [0.1, 0.15) is 16.7 Å². The van der Waals surface area contributed by atoms with E-state index in [9.17, 15) is 18.5 Å². The van der Waals surface area contributed by atoms with Crippen LogP contribution >= 0.6 is 0 Å². The number of non-ortho nitro benzene ring substituents is 1. The molecular weight excluding hydrogens is 318 g/mol. The molecule has 2 rings (SSSR count). The Morgan fingerprint density at radius 3 is 2.52 bits per heavy atom. The van der Waals surface area contributed by atoms with Crippen molar-refractivity contribution in [3.8, 4) is 0 Å². The summed E-state index contributed by atoms with van der Waals surface area (Å²) in [4.78, 5) is 10.4. The Morgan fingerprint density at radius 2 is 1.87 bits per heavy atom. The first-order chi connectivity index (χ1) is 10.8. The summed E-state index contributed by atoms with van der Waals surface area (Å²) in [6.07, 6.45) is 0.270. The van der Waals surface area contributed by atoms with Gasteiger partial charge in [-0.1, -0.05) is 29.8 Å². The first-order valence-electron chi connectivity index (χ1n) is 6.99. The zero-order valence-electron chi connectivity index (χ0n) is 12.9. The van der Waals surface area contributed by atoms with Gasteiger partial charge in [-0.05, 0) is 37.5 Å². The van der Waals surface area contributed by atoms with Crippen molar-refractivity contribution >= 4 is 15.8 Å². The molecule has 0 atom stereocenters. The number of aryl methyl sites for hydroxylation is 2. The van der Waals surface area contributed by atoms with E-state index in [1.807, 2.05) is 6.92 Å². The molecule has 0 fully saturated rings. The van der Waals surface area contributed by atoms with Crippen LogP contribution in [0.15, 0.2) is 47.4 Å². The van der Waals surface area contributed by atoms with Crippen molar-refractivity contribution in [2.75, 3.05) is 6.61 Å². The van der Waals surface area contributed by atoms with Crippen LogP contribution in [0.3, 0.4) is 0 Å². The van der Waals surface area contributed by atoms with Gasteiger partial charge in [0, 0.05) is 12.1 Å². The predicted molar refractivity (Wildman–Crippen MR) is 85.9 cm³/mol. The Bertz CT molecular complexity index is 830. The van der Waals surface area contributed by atoms with Crippen molar-refractivity contribution < 1.29 is 17.5 Å². The van der Waals surface area contributed by atoms with Crippen molar-refractivity contribution in [3.05, 3.63) is 69.3 Å². The van der Waals surface area contributed by atoms with E-state index in [1.165, 1.54) is 18.2 Å². The second-order valence-corrected chi connectivity index (χ2v) is 6.81. The molecule has 0 saturated carbocycles. The average Bonchev–Trinajstić information content (AvgIpc) is 2.46. The summed E-state index contributed by atoms with van der Waals surface area (Å²) in [5.74, 6) is 0. The Kier molecular flexibility index (Phi) is 5.12. The number of rotatable bonds is 6. The minimum atomic E-state index is -3.84. The van der Waals surface area contributed by atoms with Gasteiger partial charge in [0.1, 0.15) is 0 Å². The van der Waals surface area contributed by atoms with Gasteiger partial charge in [-0.15, -0.1) is 0 Å². The van der Waals surface area contributed by atoms with Gasteiger partial charge in [0.2, 0.25) is 0 Å². The molecule has 122 valence electrons. The summed E-state index contributed by atoms with van der Waals surface area (Å²) >= 11 is 0. The Morgan fingerprint density at radius 1 is 1.13 bits per heavy atom. The maximum absolute atomic E-state index is 12.2. The van der Waals surface area contributed by atoms with E-state index in [0.29, 0.717) is 11.1 Å². The van der Waals surface area contributed by atoms with Crippen molar-refractivity contribution in [2.24, 2.45) is 0 Å². The van der Waals surface area contributed by atoms with E-state index in [-0.39, 0.29) is 23.6 Å². The average molecular weight is 335 g/mol. The Balaban J connectivity index is 2.05. The largest absolute Gasteiger partial charge is 0.297 e. The summed E-state index contributed by atoms with van der Waals surface area (Å²) in [7, 11) is -3.84. The molecule has 0 aliphatic heterocycles. The molecule has 0 N–H and O–H groups in total. The summed E-state index contributed by atoms with van der Waals surface area (Å²) in [6, 6.07) is 11.1. The van der Waals surface area contributed by atoms with Gasteiger partial charge in [0.15, 0.2) is 0 Å². The maximum atomic E-state index is 12.2. The molecule has 23 heavy (non-hydrogen) atoms. The summed E-state index contributed by atoms with van der Waals surface area (Å²) in [6.45, 7) is 3.52. The highest BCUT2D eigenvalue weighted by Crippen LogP contribution is 2.19. The Labute approximate surface area is 135 Å². The first-order valence-corrected chi connectivity index (χ1v) is 8.40. The van der Waals surface area contributed by atoms with E-state index < -0.39 is 15.0 Å². The molecule has 2 aromatic carbocycles. The number of benzene rings is 2. The van der Waals surface area contributed by atoms with Gasteiger partial charge in [-0.2, -0.15) is 8.42 Å². The highest BCUT2D eigenvalue weighted by atomic mass is 32.2. The Hall–Kier alpha value is -2.25. The number of nitro benzene ring substituents is 1. The van der Waals surface area contributed by atoms with Crippen molar-refractivity contribution in [1.29, 1.82) is 0 Å². The molecule has 0 radical (unpaired) electrons. The van der Waals surface area contributed by atoms with Crippen LogP contribution in [0.2, 0.25) is 0 Å². The normalized spacial score (nSPS) is 11.4. The minimum Gasteiger partial charge on any atom is -0.266 e. The molecule has 0 bridgehead atoms. The van der Waals surface area contributed by atoms with Gasteiger partial charge >= 0.3 is 0 Å². The number of nitrogens with zero attached hydrogens (tertiary/aromatic N) is 1. The summed E-state index contributed by atoms with van der Waals surface area (Å²) in [5, 5.41) is 10.7. The van der Waals surface area contributed by atoms with Gasteiger partial charge in [-0.25, -0.2) is 0 Å². The standard InChI is InChI=1S/C16H17NO5S/c1-12-6-7-16(13(2)10-12)23(20,21)22-9-8-14-4-3-5-15(11-14)17(18)19/h3-7,10-11H,8-9H2,1-2H3. The fourth-order valence-electron chi connectivity index (χ4n) is 2.24. The SMILES string of the molecule is Cc1ccc(S(=O)(=O)OCCc2cccc([N+](=O)[O-])c2)c(C)c1. The van der Waals surface area contributed by atoms with Crippen LogP contribution in [0.5, 0.6) is 0 Å². The molecule has 0 spiro atoms. The highest BCUT2D eigenvalue weighted by molar-refractivity contribution is 7.86. The van der Waals surface area contributed by atoms with E-state index in [1.54, 1.807) is 31.2 Å². The molecule has 0 aliphatic carbocycles. The van der Waals surface area contributed by atoms with Crippen LogP contribution in [-0.4, -0.2) is 19.9 Å². The fourth-order valence-corrected chi connectivity index (χ4v) is 3.36. The minimum absolute atomic E-state index is 0.0280. The van der Waals surface area contributed by atoms with Crippen LogP contribution in [-0.2, 0) is 20.7 Å². The number of hydrogen-bond donors (Lipinski definition) is 0. The summed E-state index contributed by atoms with van der Waals surface area (Å²) < 4.78 is 29.4. The molecule has 0 unspecified atom stereocenters. The molecule has 2 aromatic rings. The van der Waals surface area contributed by atoms with Crippen LogP contribution in [0.25, 0.3) is 0 Å².